The first-order chi connectivity index (χ1) is 14.7. The number of carbonyl (C=O) groups excluding carboxylic acids is 1. The Morgan fingerprint density at radius 3 is 2.65 bits per heavy atom. The van der Waals surface area contributed by atoms with Crippen LogP contribution in [0.1, 0.15) is 51.9 Å². The van der Waals surface area contributed by atoms with E-state index in [9.17, 15) is 4.79 Å². The number of benzene rings is 1. The van der Waals surface area contributed by atoms with Gasteiger partial charge in [-0.25, -0.2) is 0 Å². The lowest BCUT2D eigenvalue weighted by atomic mass is 9.95. The first kappa shape index (κ1) is 25.5. The van der Waals surface area contributed by atoms with Gasteiger partial charge < -0.3 is 25.6 Å². The van der Waals surface area contributed by atoms with Crippen LogP contribution in [-0.4, -0.2) is 57.2 Å². The van der Waals surface area contributed by atoms with E-state index in [2.05, 4.69) is 38.8 Å². The van der Waals surface area contributed by atoms with Gasteiger partial charge in [0.05, 0.1) is 19.3 Å². The standard InChI is InChI=1S/C23H37N5O2.HI/c1-3-24-23(25-15-13-22(29)26-18-9-5-4-6-10-18)27-19-14-16-28(17-19)20-11-7-8-12-21(20)30-2;/h7-8,11-12,18-19H,3-6,9-10,13-17H2,1-2H3,(H,26,29)(H2,24,25,27);1H. The minimum absolute atomic E-state index is 0. The predicted molar refractivity (Wildman–Crippen MR) is 138 cm³/mol. The number of hydrogen-bond donors (Lipinski definition) is 3. The minimum atomic E-state index is 0. The van der Waals surface area contributed by atoms with Crippen LogP contribution in [0.5, 0.6) is 5.75 Å². The van der Waals surface area contributed by atoms with Crippen LogP contribution in [0.4, 0.5) is 5.69 Å². The summed E-state index contributed by atoms with van der Waals surface area (Å²) in [4.78, 5) is 19.2. The van der Waals surface area contributed by atoms with Crippen molar-refractivity contribution in [2.75, 3.05) is 38.2 Å². The summed E-state index contributed by atoms with van der Waals surface area (Å²) in [6, 6.07) is 8.81. The summed E-state index contributed by atoms with van der Waals surface area (Å²) >= 11 is 0. The Kier molecular flexibility index (Phi) is 11.2. The van der Waals surface area contributed by atoms with Crippen LogP contribution in [0.2, 0.25) is 0 Å². The SMILES string of the molecule is CCNC(=NCCC(=O)NC1CCCCC1)NC1CCN(c2ccccc2OC)C1.I. The molecule has 1 atom stereocenters. The van der Waals surface area contributed by atoms with E-state index in [4.69, 9.17) is 4.74 Å². The van der Waals surface area contributed by atoms with Gasteiger partial charge in [0.25, 0.3) is 0 Å². The first-order valence-electron chi connectivity index (χ1n) is 11.4. The van der Waals surface area contributed by atoms with Gasteiger partial charge in [-0.05, 0) is 38.3 Å². The summed E-state index contributed by atoms with van der Waals surface area (Å²) in [5.41, 5.74) is 1.13. The third-order valence-electron chi connectivity index (χ3n) is 5.88. The number of aliphatic imine (C=N–C) groups is 1. The lowest BCUT2D eigenvalue weighted by Crippen LogP contribution is -2.45. The van der Waals surface area contributed by atoms with Crippen molar-refractivity contribution in [3.05, 3.63) is 24.3 Å². The molecule has 1 saturated carbocycles. The Morgan fingerprint density at radius 2 is 1.90 bits per heavy atom. The second kappa shape index (κ2) is 13.6. The number of nitrogens with one attached hydrogen (secondary N) is 3. The predicted octanol–water partition coefficient (Wildman–Crippen LogP) is 3.29. The smallest absolute Gasteiger partial charge is 0.222 e. The van der Waals surface area contributed by atoms with E-state index >= 15 is 0 Å². The highest BCUT2D eigenvalue weighted by Gasteiger charge is 2.25. The van der Waals surface area contributed by atoms with E-state index in [-0.39, 0.29) is 29.9 Å². The molecule has 0 radical (unpaired) electrons. The number of carbonyl (C=O) groups is 1. The Bertz CT molecular complexity index is 709. The van der Waals surface area contributed by atoms with Crippen molar-refractivity contribution in [3.8, 4) is 5.75 Å². The molecule has 1 unspecified atom stereocenters. The number of rotatable bonds is 8. The molecule has 2 aliphatic rings. The number of hydrogen-bond acceptors (Lipinski definition) is 4. The summed E-state index contributed by atoms with van der Waals surface area (Å²) in [5.74, 6) is 1.81. The molecule has 1 amide bonds. The zero-order valence-electron chi connectivity index (χ0n) is 18.9. The van der Waals surface area contributed by atoms with Gasteiger partial charge in [0.2, 0.25) is 5.91 Å². The molecule has 174 valence electrons. The van der Waals surface area contributed by atoms with Gasteiger partial charge >= 0.3 is 0 Å². The molecule has 3 rings (SSSR count). The van der Waals surface area contributed by atoms with Gasteiger partial charge in [-0.2, -0.15) is 0 Å². The van der Waals surface area contributed by atoms with Crippen molar-refractivity contribution in [3.63, 3.8) is 0 Å². The van der Waals surface area contributed by atoms with Gasteiger partial charge in [0, 0.05) is 38.1 Å². The monoisotopic (exact) mass is 543 g/mol. The van der Waals surface area contributed by atoms with Crippen molar-refractivity contribution >= 4 is 41.5 Å². The molecule has 1 aliphatic heterocycles. The topological polar surface area (TPSA) is 78.0 Å². The number of amides is 1. The van der Waals surface area contributed by atoms with Crippen LogP contribution in [-0.2, 0) is 4.79 Å². The third kappa shape index (κ3) is 8.05. The first-order valence-corrected chi connectivity index (χ1v) is 11.4. The molecule has 7 nitrogen and oxygen atoms in total. The fraction of sp³-hybridized carbons (Fsp3) is 0.652. The average molecular weight is 543 g/mol. The van der Waals surface area contributed by atoms with Crippen molar-refractivity contribution in [2.45, 2.75) is 64.0 Å². The van der Waals surface area contributed by atoms with E-state index in [1.54, 1.807) is 7.11 Å². The van der Waals surface area contributed by atoms with Crippen LogP contribution in [0.25, 0.3) is 0 Å². The van der Waals surface area contributed by atoms with E-state index in [1.807, 2.05) is 18.2 Å². The molecule has 8 heteroatoms. The Morgan fingerprint density at radius 1 is 1.13 bits per heavy atom. The number of guanidine groups is 1. The van der Waals surface area contributed by atoms with Crippen LogP contribution in [0, 0.1) is 0 Å². The number of halogens is 1. The molecule has 2 fully saturated rings. The Hall–Kier alpha value is -1.71. The maximum absolute atomic E-state index is 12.2. The highest BCUT2D eigenvalue weighted by atomic mass is 127. The molecule has 1 saturated heterocycles. The molecule has 1 aromatic rings. The van der Waals surface area contributed by atoms with Crippen LogP contribution in [0.15, 0.2) is 29.3 Å². The minimum Gasteiger partial charge on any atom is -0.495 e. The summed E-state index contributed by atoms with van der Waals surface area (Å²) in [6.07, 6.45) is 7.45. The van der Waals surface area contributed by atoms with Crippen molar-refractivity contribution in [1.29, 1.82) is 0 Å². The number of para-hydroxylation sites is 2. The van der Waals surface area contributed by atoms with Gasteiger partial charge in [-0.3, -0.25) is 9.79 Å². The summed E-state index contributed by atoms with van der Waals surface area (Å²) in [5, 5.41) is 10.0. The van der Waals surface area contributed by atoms with Gasteiger partial charge in [-0.1, -0.05) is 31.4 Å². The lowest BCUT2D eigenvalue weighted by Gasteiger charge is -2.23. The van der Waals surface area contributed by atoms with Crippen molar-refractivity contribution < 1.29 is 9.53 Å². The van der Waals surface area contributed by atoms with E-state index in [1.165, 1.54) is 19.3 Å². The molecule has 3 N–H and O–H groups in total. The molecule has 1 heterocycles. The van der Waals surface area contributed by atoms with E-state index in [0.717, 1.165) is 56.3 Å². The van der Waals surface area contributed by atoms with Gasteiger partial charge in [0.1, 0.15) is 5.75 Å². The summed E-state index contributed by atoms with van der Waals surface area (Å²) < 4.78 is 5.51. The maximum atomic E-state index is 12.2. The number of anilines is 1. The molecule has 31 heavy (non-hydrogen) atoms. The average Bonchev–Trinajstić information content (AvgIpc) is 3.23. The zero-order valence-corrected chi connectivity index (χ0v) is 21.2. The molecule has 0 aromatic heterocycles. The second-order valence-corrected chi connectivity index (χ2v) is 8.16. The largest absolute Gasteiger partial charge is 0.495 e. The number of nitrogens with zero attached hydrogens (tertiary/aromatic N) is 2. The van der Waals surface area contributed by atoms with E-state index < -0.39 is 0 Å². The van der Waals surface area contributed by atoms with Crippen LogP contribution in [0.3, 0.4) is 0 Å². The quantitative estimate of drug-likeness (QED) is 0.267. The second-order valence-electron chi connectivity index (χ2n) is 8.16. The Labute approximate surface area is 203 Å². The van der Waals surface area contributed by atoms with Gasteiger partial charge in [0.15, 0.2) is 5.96 Å². The highest BCUT2D eigenvalue weighted by molar-refractivity contribution is 14.0. The van der Waals surface area contributed by atoms with Crippen LogP contribution < -0.4 is 25.6 Å². The molecule has 1 aliphatic carbocycles. The molecular formula is C23H38IN5O2. The molecule has 0 spiro atoms. The fourth-order valence-corrected chi connectivity index (χ4v) is 4.32. The summed E-state index contributed by atoms with van der Waals surface area (Å²) in [7, 11) is 1.71. The van der Waals surface area contributed by atoms with Crippen molar-refractivity contribution in [1.82, 2.24) is 16.0 Å². The molecule has 0 bridgehead atoms. The maximum Gasteiger partial charge on any atom is 0.222 e. The van der Waals surface area contributed by atoms with Crippen molar-refractivity contribution in [2.24, 2.45) is 4.99 Å². The number of ether oxygens (including phenoxy) is 1. The molecule has 1 aromatic carbocycles. The lowest BCUT2D eigenvalue weighted by molar-refractivity contribution is -0.121. The fourth-order valence-electron chi connectivity index (χ4n) is 4.32. The molecular weight excluding hydrogens is 505 g/mol. The summed E-state index contributed by atoms with van der Waals surface area (Å²) in [6.45, 7) is 5.22. The highest BCUT2D eigenvalue weighted by Crippen LogP contribution is 2.30. The van der Waals surface area contributed by atoms with Crippen LogP contribution >= 0.6 is 24.0 Å². The normalized spacial score (nSPS) is 19.5. The Balaban J connectivity index is 0.00000341. The van der Waals surface area contributed by atoms with Gasteiger partial charge in [-0.15, -0.1) is 24.0 Å². The van der Waals surface area contributed by atoms with E-state index in [0.29, 0.717) is 25.0 Å². The number of methoxy groups -OCH3 is 1. The zero-order chi connectivity index (χ0) is 21.2. The third-order valence-corrected chi connectivity index (χ3v) is 5.88.